The molecule has 1 heterocycles. The maximum absolute atomic E-state index is 13.8. The van der Waals surface area contributed by atoms with Gasteiger partial charge in [-0.2, -0.15) is 0 Å². The highest BCUT2D eigenvalue weighted by atomic mass is 31.1. The quantitative estimate of drug-likeness (QED) is 0.748. The van der Waals surface area contributed by atoms with Crippen LogP contribution in [-0.2, 0) is 5.15 Å². The van der Waals surface area contributed by atoms with E-state index in [9.17, 15) is 9.50 Å². The molecule has 2 aromatic rings. The molecule has 0 aliphatic rings. The van der Waals surface area contributed by atoms with Gasteiger partial charge in [-0.1, -0.05) is 54.9 Å². The van der Waals surface area contributed by atoms with Crippen LogP contribution in [0.3, 0.4) is 0 Å². The molecular formula is C18H23FN2OP2. The lowest BCUT2D eigenvalue weighted by Gasteiger charge is -2.17. The minimum absolute atomic E-state index is 0.0639. The van der Waals surface area contributed by atoms with Crippen LogP contribution in [0, 0.1) is 0 Å². The van der Waals surface area contributed by atoms with E-state index >= 15 is 0 Å². The Labute approximate surface area is 147 Å². The molecule has 4 atom stereocenters. The predicted octanol–water partition coefficient (Wildman–Crippen LogP) is 4.37. The summed E-state index contributed by atoms with van der Waals surface area (Å²) in [7, 11) is 4.33. The molecule has 2 N–H and O–H groups in total. The number of halogens is 1. The second kappa shape index (κ2) is 8.16. The number of hydrogen-bond acceptors (Lipinski definition) is 3. The zero-order valence-electron chi connectivity index (χ0n) is 13.8. The van der Waals surface area contributed by atoms with Gasteiger partial charge in [0.1, 0.15) is 5.75 Å². The molecule has 128 valence electrons. The lowest BCUT2D eigenvalue weighted by Crippen LogP contribution is -2.27. The van der Waals surface area contributed by atoms with Crippen molar-refractivity contribution in [2.75, 3.05) is 0 Å². The average molecular weight is 364 g/mol. The van der Waals surface area contributed by atoms with E-state index in [0.29, 0.717) is 5.56 Å². The van der Waals surface area contributed by atoms with Crippen LogP contribution < -0.4 is 5.32 Å². The van der Waals surface area contributed by atoms with E-state index in [2.05, 4.69) is 41.8 Å². The Balaban J connectivity index is 1.95. The highest BCUT2D eigenvalue weighted by molar-refractivity contribution is 7.38. The molecule has 1 aromatic heterocycles. The summed E-state index contributed by atoms with van der Waals surface area (Å²) in [6.07, 6.45) is 5.50. The Morgan fingerprint density at radius 3 is 2.38 bits per heavy atom. The first kappa shape index (κ1) is 19.0. The number of benzene rings is 1. The number of rotatable bonds is 6. The molecule has 1 aromatic carbocycles. The van der Waals surface area contributed by atoms with Gasteiger partial charge in [-0.05, 0) is 37.1 Å². The molecular weight excluding hydrogens is 341 g/mol. The first-order valence-electron chi connectivity index (χ1n) is 7.72. The van der Waals surface area contributed by atoms with Crippen molar-refractivity contribution < 1.29 is 9.50 Å². The van der Waals surface area contributed by atoms with E-state index in [1.807, 2.05) is 25.1 Å². The van der Waals surface area contributed by atoms with Gasteiger partial charge < -0.3 is 10.4 Å². The van der Waals surface area contributed by atoms with Crippen LogP contribution in [0.15, 0.2) is 48.7 Å². The van der Waals surface area contributed by atoms with E-state index in [-0.39, 0.29) is 17.8 Å². The Bertz CT molecular complexity index is 682. The van der Waals surface area contributed by atoms with Crippen LogP contribution in [0.1, 0.15) is 36.7 Å². The van der Waals surface area contributed by atoms with Crippen LogP contribution >= 0.6 is 18.5 Å². The second-order valence-corrected chi connectivity index (χ2v) is 8.21. The fraction of sp³-hybridized carbons (Fsp3) is 0.278. The van der Waals surface area contributed by atoms with Crippen molar-refractivity contribution in [3.8, 4) is 5.75 Å². The van der Waals surface area contributed by atoms with E-state index < -0.39 is 5.15 Å². The SMILES string of the molecule is CC(/C=C/c1ccc(C(F)(P)P)cc1)NC(C)c1ccc(O)cn1. The van der Waals surface area contributed by atoms with Crippen molar-refractivity contribution in [3.05, 3.63) is 65.5 Å². The Kier molecular flexibility index (Phi) is 6.46. The maximum Gasteiger partial charge on any atom is 0.160 e. The Hall–Kier alpha value is -1.34. The van der Waals surface area contributed by atoms with Gasteiger partial charge in [0.05, 0.1) is 11.9 Å². The van der Waals surface area contributed by atoms with Crippen molar-refractivity contribution in [1.29, 1.82) is 0 Å². The predicted molar refractivity (Wildman–Crippen MR) is 105 cm³/mol. The van der Waals surface area contributed by atoms with Gasteiger partial charge >= 0.3 is 0 Å². The molecule has 0 radical (unpaired) electrons. The molecule has 2 rings (SSSR count). The fourth-order valence-electron chi connectivity index (χ4n) is 2.29. The Morgan fingerprint density at radius 1 is 1.17 bits per heavy atom. The Morgan fingerprint density at radius 2 is 1.83 bits per heavy atom. The summed E-state index contributed by atoms with van der Waals surface area (Å²) in [6, 6.07) is 11.0. The first-order valence-corrected chi connectivity index (χ1v) is 8.87. The molecule has 3 nitrogen and oxygen atoms in total. The van der Waals surface area contributed by atoms with Crippen LogP contribution in [-0.4, -0.2) is 16.1 Å². The van der Waals surface area contributed by atoms with Gasteiger partial charge in [0, 0.05) is 12.1 Å². The summed E-state index contributed by atoms with van der Waals surface area (Å²) in [5, 5.41) is 11.2. The van der Waals surface area contributed by atoms with Gasteiger partial charge in [0.25, 0.3) is 0 Å². The molecule has 0 amide bonds. The molecule has 4 unspecified atom stereocenters. The van der Waals surface area contributed by atoms with Crippen LogP contribution in [0.25, 0.3) is 6.08 Å². The van der Waals surface area contributed by atoms with Crippen molar-refractivity contribution in [2.45, 2.75) is 31.1 Å². The van der Waals surface area contributed by atoms with Gasteiger partial charge in [0.2, 0.25) is 0 Å². The summed E-state index contributed by atoms with van der Waals surface area (Å²) in [6.45, 7) is 4.08. The van der Waals surface area contributed by atoms with E-state index in [1.54, 1.807) is 24.3 Å². The van der Waals surface area contributed by atoms with Gasteiger partial charge in [-0.3, -0.25) is 4.98 Å². The summed E-state index contributed by atoms with van der Waals surface area (Å²) in [5.74, 6) is 0.163. The smallest absolute Gasteiger partial charge is 0.160 e. The summed E-state index contributed by atoms with van der Waals surface area (Å²) < 4.78 is 13.8. The van der Waals surface area contributed by atoms with Crippen molar-refractivity contribution >= 4 is 24.6 Å². The van der Waals surface area contributed by atoms with Gasteiger partial charge in [-0.15, -0.1) is 0 Å². The summed E-state index contributed by atoms with van der Waals surface area (Å²) in [5.41, 5.74) is 2.49. The summed E-state index contributed by atoms with van der Waals surface area (Å²) >= 11 is 0. The first-order chi connectivity index (χ1) is 11.3. The van der Waals surface area contributed by atoms with Crippen molar-refractivity contribution in [3.63, 3.8) is 0 Å². The largest absolute Gasteiger partial charge is 0.506 e. The molecule has 0 spiro atoms. The number of alkyl halides is 1. The number of aromatic nitrogens is 1. The van der Waals surface area contributed by atoms with Gasteiger partial charge in [0.15, 0.2) is 5.15 Å². The third-order valence-corrected chi connectivity index (χ3v) is 4.32. The number of nitrogens with one attached hydrogen (secondary N) is 1. The highest BCUT2D eigenvalue weighted by Crippen LogP contribution is 2.39. The van der Waals surface area contributed by atoms with E-state index in [0.717, 1.165) is 11.3 Å². The van der Waals surface area contributed by atoms with Crippen LogP contribution in [0.2, 0.25) is 0 Å². The monoisotopic (exact) mass is 364 g/mol. The van der Waals surface area contributed by atoms with E-state index in [1.165, 1.54) is 6.20 Å². The zero-order valence-corrected chi connectivity index (χ0v) is 16.1. The van der Waals surface area contributed by atoms with Gasteiger partial charge in [-0.25, -0.2) is 4.39 Å². The average Bonchev–Trinajstić information content (AvgIpc) is 2.53. The van der Waals surface area contributed by atoms with E-state index in [4.69, 9.17) is 0 Å². The highest BCUT2D eigenvalue weighted by Gasteiger charge is 2.18. The standard InChI is InChI=1S/C18H23FN2OP2/c1-12(21-13(2)17-10-9-16(22)11-20-17)3-4-14-5-7-15(8-6-14)18(19,23)24/h3-13,21-22H,23-24H2,1-2H3/b4-3+. The molecule has 0 aliphatic heterocycles. The lowest BCUT2D eigenvalue weighted by molar-refractivity contribution is 0.423. The minimum atomic E-state index is -1.48. The molecule has 24 heavy (non-hydrogen) atoms. The molecule has 0 bridgehead atoms. The molecule has 0 aliphatic carbocycles. The normalized spacial score (nSPS) is 14.7. The van der Waals surface area contributed by atoms with Crippen molar-refractivity contribution in [2.24, 2.45) is 0 Å². The molecule has 0 saturated heterocycles. The third kappa shape index (κ3) is 5.63. The molecule has 6 heteroatoms. The summed E-state index contributed by atoms with van der Waals surface area (Å²) in [4.78, 5) is 4.21. The van der Waals surface area contributed by atoms with Crippen LogP contribution in [0.5, 0.6) is 5.75 Å². The molecule has 0 saturated carbocycles. The number of nitrogens with zero attached hydrogens (tertiary/aromatic N) is 1. The maximum atomic E-state index is 13.8. The number of pyridine rings is 1. The van der Waals surface area contributed by atoms with Crippen LogP contribution in [0.4, 0.5) is 4.39 Å². The van der Waals surface area contributed by atoms with Crippen molar-refractivity contribution in [1.82, 2.24) is 10.3 Å². The molecule has 0 fully saturated rings. The minimum Gasteiger partial charge on any atom is -0.506 e. The fourth-order valence-corrected chi connectivity index (χ4v) is 2.68. The topological polar surface area (TPSA) is 45.1 Å². The number of aromatic hydroxyl groups is 1. The second-order valence-electron chi connectivity index (χ2n) is 5.87. The lowest BCUT2D eigenvalue weighted by atomic mass is 10.1. The third-order valence-electron chi connectivity index (χ3n) is 3.66. The zero-order chi connectivity index (χ0) is 17.7. The number of hydrogen-bond donors (Lipinski definition) is 2.